The molecule has 6 heteroatoms. The lowest BCUT2D eigenvalue weighted by Gasteiger charge is -2.28. The molecule has 0 aliphatic carbocycles. The summed E-state index contributed by atoms with van der Waals surface area (Å²) in [5.74, 6) is 0.776. The van der Waals surface area contributed by atoms with Gasteiger partial charge in [-0.15, -0.1) is 0 Å². The molecule has 3 heterocycles. The number of aromatic nitrogens is 3. The third-order valence-electron chi connectivity index (χ3n) is 4.42. The summed E-state index contributed by atoms with van der Waals surface area (Å²) >= 11 is 0. The summed E-state index contributed by atoms with van der Waals surface area (Å²) in [5.41, 5.74) is 4.84. The third kappa shape index (κ3) is 3.46. The average molecular weight is 349 g/mol. The van der Waals surface area contributed by atoms with Crippen LogP contribution in [-0.4, -0.2) is 47.3 Å². The van der Waals surface area contributed by atoms with Crippen LogP contribution in [0, 0.1) is 0 Å². The van der Waals surface area contributed by atoms with Crippen molar-refractivity contribution in [1.29, 1.82) is 0 Å². The van der Waals surface area contributed by atoms with Crippen molar-refractivity contribution in [3.63, 3.8) is 0 Å². The van der Waals surface area contributed by atoms with Crippen LogP contribution in [0.25, 0.3) is 22.3 Å². The first-order valence-electron chi connectivity index (χ1n) is 9.02. The van der Waals surface area contributed by atoms with Crippen molar-refractivity contribution in [3.05, 3.63) is 42.7 Å². The maximum Gasteiger partial charge on any atom is 0.155 e. The van der Waals surface area contributed by atoms with E-state index in [2.05, 4.69) is 58.3 Å². The Hall–Kier alpha value is -2.73. The molecule has 0 bridgehead atoms. The second-order valence-electron chi connectivity index (χ2n) is 6.73. The lowest BCUT2D eigenvalue weighted by atomic mass is 10.1. The Bertz CT molecular complexity index is 888. The van der Waals surface area contributed by atoms with Gasteiger partial charge in [-0.1, -0.05) is 12.1 Å². The highest BCUT2D eigenvalue weighted by Crippen LogP contribution is 2.27. The topological polar surface area (TPSA) is 63.2 Å². The van der Waals surface area contributed by atoms with E-state index in [-0.39, 0.29) is 6.04 Å². The van der Waals surface area contributed by atoms with Gasteiger partial charge in [0.25, 0.3) is 0 Å². The van der Waals surface area contributed by atoms with Gasteiger partial charge in [-0.3, -0.25) is 4.98 Å². The summed E-state index contributed by atoms with van der Waals surface area (Å²) in [4.78, 5) is 16.1. The molecule has 3 aromatic rings. The maximum atomic E-state index is 5.43. The number of morpholine rings is 1. The minimum atomic E-state index is 0.270. The van der Waals surface area contributed by atoms with Gasteiger partial charge in [0, 0.05) is 42.8 Å². The molecule has 26 heavy (non-hydrogen) atoms. The van der Waals surface area contributed by atoms with E-state index in [1.54, 1.807) is 12.4 Å². The predicted octanol–water partition coefficient (Wildman–Crippen LogP) is 3.35. The van der Waals surface area contributed by atoms with E-state index < -0.39 is 0 Å². The number of anilines is 2. The molecule has 0 radical (unpaired) electrons. The van der Waals surface area contributed by atoms with Gasteiger partial charge in [-0.25, -0.2) is 9.97 Å². The fraction of sp³-hybridized carbons (Fsp3) is 0.350. The van der Waals surface area contributed by atoms with E-state index in [4.69, 9.17) is 9.72 Å². The summed E-state index contributed by atoms with van der Waals surface area (Å²) in [6.45, 7) is 7.63. The molecule has 1 aliphatic rings. The Kier molecular flexibility index (Phi) is 4.67. The zero-order valence-electron chi connectivity index (χ0n) is 15.1. The minimum absolute atomic E-state index is 0.270. The average Bonchev–Trinajstić information content (AvgIpc) is 2.68. The van der Waals surface area contributed by atoms with E-state index in [1.165, 1.54) is 5.69 Å². The van der Waals surface area contributed by atoms with Crippen LogP contribution in [0.3, 0.4) is 0 Å². The van der Waals surface area contributed by atoms with Crippen molar-refractivity contribution in [2.75, 3.05) is 36.5 Å². The van der Waals surface area contributed by atoms with Gasteiger partial charge in [0.15, 0.2) is 5.82 Å². The summed E-state index contributed by atoms with van der Waals surface area (Å²) in [6.07, 6.45) is 3.42. The number of hydrogen-bond donors (Lipinski definition) is 1. The van der Waals surface area contributed by atoms with Gasteiger partial charge in [-0.2, -0.15) is 0 Å². The van der Waals surface area contributed by atoms with Crippen LogP contribution in [0.5, 0.6) is 0 Å². The molecule has 2 aromatic heterocycles. The number of rotatable bonds is 4. The second-order valence-corrected chi connectivity index (χ2v) is 6.73. The Morgan fingerprint density at radius 1 is 1.04 bits per heavy atom. The number of pyridine rings is 1. The van der Waals surface area contributed by atoms with E-state index in [9.17, 15) is 0 Å². The third-order valence-corrected chi connectivity index (χ3v) is 4.42. The molecule has 134 valence electrons. The maximum absolute atomic E-state index is 5.43. The van der Waals surface area contributed by atoms with Crippen molar-refractivity contribution >= 4 is 22.5 Å². The molecule has 1 aliphatic heterocycles. The van der Waals surface area contributed by atoms with Crippen LogP contribution in [0.4, 0.5) is 11.5 Å². The lowest BCUT2D eigenvalue weighted by Crippen LogP contribution is -2.36. The summed E-state index contributed by atoms with van der Waals surface area (Å²) in [6, 6.07) is 10.8. The van der Waals surface area contributed by atoms with Crippen molar-refractivity contribution in [1.82, 2.24) is 15.0 Å². The number of nitrogens with one attached hydrogen (secondary N) is 1. The van der Waals surface area contributed by atoms with E-state index >= 15 is 0 Å². The van der Waals surface area contributed by atoms with Crippen molar-refractivity contribution < 1.29 is 4.74 Å². The molecule has 0 unspecified atom stereocenters. The Morgan fingerprint density at radius 3 is 2.50 bits per heavy atom. The minimum Gasteiger partial charge on any atom is -0.378 e. The zero-order valence-corrected chi connectivity index (χ0v) is 15.1. The quantitative estimate of drug-likeness (QED) is 0.779. The molecule has 0 atom stereocenters. The summed E-state index contributed by atoms with van der Waals surface area (Å²) < 4.78 is 5.43. The smallest absolute Gasteiger partial charge is 0.155 e. The van der Waals surface area contributed by atoms with Gasteiger partial charge in [0.2, 0.25) is 0 Å². The molecule has 1 fully saturated rings. The first kappa shape index (κ1) is 16.7. The summed E-state index contributed by atoms with van der Waals surface area (Å²) in [7, 11) is 0. The van der Waals surface area contributed by atoms with E-state index in [0.29, 0.717) is 0 Å². The predicted molar refractivity (Wildman–Crippen MR) is 105 cm³/mol. The van der Waals surface area contributed by atoms with Crippen molar-refractivity contribution in [2.45, 2.75) is 19.9 Å². The molecule has 0 amide bonds. The molecular weight excluding hydrogens is 326 g/mol. The number of nitrogens with zero attached hydrogens (tertiary/aromatic N) is 4. The number of ether oxygens (including phenoxy) is 1. The van der Waals surface area contributed by atoms with Crippen LogP contribution in [-0.2, 0) is 4.74 Å². The standard InChI is InChI=1S/C20H23N5O/c1-14(2)23-20-19-18(21-7-8-22-19)13-17(24-20)15-3-5-16(6-4-15)25-9-11-26-12-10-25/h3-8,13-14H,9-12H2,1-2H3,(H,23,24). The Morgan fingerprint density at radius 2 is 1.77 bits per heavy atom. The highest BCUT2D eigenvalue weighted by molar-refractivity contribution is 5.88. The molecule has 1 aromatic carbocycles. The molecule has 1 saturated heterocycles. The zero-order chi connectivity index (χ0) is 17.9. The highest BCUT2D eigenvalue weighted by Gasteiger charge is 2.13. The fourth-order valence-electron chi connectivity index (χ4n) is 3.16. The van der Waals surface area contributed by atoms with Crippen molar-refractivity contribution in [3.8, 4) is 11.3 Å². The summed E-state index contributed by atoms with van der Waals surface area (Å²) in [5, 5.41) is 3.39. The Labute approximate surface area is 153 Å². The van der Waals surface area contributed by atoms with Gasteiger partial charge in [0.1, 0.15) is 5.52 Å². The number of benzene rings is 1. The first-order chi connectivity index (χ1) is 12.7. The normalized spacial score (nSPS) is 14.8. The molecule has 4 rings (SSSR count). The van der Waals surface area contributed by atoms with Gasteiger partial charge >= 0.3 is 0 Å². The van der Waals surface area contributed by atoms with E-state index in [0.717, 1.165) is 54.4 Å². The van der Waals surface area contributed by atoms with Gasteiger partial charge in [0.05, 0.1) is 24.4 Å². The van der Waals surface area contributed by atoms with Gasteiger partial charge < -0.3 is 15.0 Å². The SMILES string of the molecule is CC(C)Nc1nc(-c2ccc(N3CCOCC3)cc2)cc2nccnc12. The monoisotopic (exact) mass is 349 g/mol. The Balaban J connectivity index is 1.69. The van der Waals surface area contributed by atoms with Crippen molar-refractivity contribution in [2.24, 2.45) is 0 Å². The van der Waals surface area contributed by atoms with Crippen LogP contribution in [0.2, 0.25) is 0 Å². The number of fused-ring (bicyclic) bond motifs is 1. The van der Waals surface area contributed by atoms with Crippen LogP contribution < -0.4 is 10.2 Å². The van der Waals surface area contributed by atoms with Crippen LogP contribution in [0.15, 0.2) is 42.7 Å². The highest BCUT2D eigenvalue weighted by atomic mass is 16.5. The molecule has 6 nitrogen and oxygen atoms in total. The largest absolute Gasteiger partial charge is 0.378 e. The first-order valence-corrected chi connectivity index (χ1v) is 9.02. The lowest BCUT2D eigenvalue weighted by molar-refractivity contribution is 0.122. The fourth-order valence-corrected chi connectivity index (χ4v) is 3.16. The number of hydrogen-bond acceptors (Lipinski definition) is 6. The van der Waals surface area contributed by atoms with Crippen LogP contribution in [0.1, 0.15) is 13.8 Å². The van der Waals surface area contributed by atoms with E-state index in [1.807, 2.05) is 6.07 Å². The molecule has 0 saturated carbocycles. The van der Waals surface area contributed by atoms with Crippen LogP contribution >= 0.6 is 0 Å². The molecule has 1 N–H and O–H groups in total. The molecule has 0 spiro atoms. The van der Waals surface area contributed by atoms with Gasteiger partial charge in [-0.05, 0) is 32.0 Å². The molecular formula is C20H23N5O. The second kappa shape index (κ2) is 7.25.